The molecule has 2 heterocycles. The van der Waals surface area contributed by atoms with Gasteiger partial charge in [0, 0.05) is 18.8 Å². The molecule has 1 amide bonds. The third-order valence-electron chi connectivity index (χ3n) is 2.54. The zero-order valence-corrected chi connectivity index (χ0v) is 8.79. The van der Waals surface area contributed by atoms with E-state index in [1.165, 1.54) is 0 Å². The minimum Gasteiger partial charge on any atom is -0.350 e. The zero-order chi connectivity index (χ0) is 10.7. The van der Waals surface area contributed by atoms with Gasteiger partial charge in [-0.15, -0.1) is 0 Å². The number of rotatable bonds is 3. The summed E-state index contributed by atoms with van der Waals surface area (Å²) in [6.45, 7) is 4.07. The first kappa shape index (κ1) is 10.1. The van der Waals surface area contributed by atoms with Crippen LogP contribution >= 0.6 is 0 Å². The van der Waals surface area contributed by atoms with Gasteiger partial charge >= 0.3 is 0 Å². The molecule has 15 heavy (non-hydrogen) atoms. The lowest BCUT2D eigenvalue weighted by Gasteiger charge is -2.25. The van der Waals surface area contributed by atoms with E-state index in [0.717, 1.165) is 24.5 Å². The van der Waals surface area contributed by atoms with E-state index in [1.807, 2.05) is 25.1 Å². The minimum atomic E-state index is 0.122. The highest BCUT2D eigenvalue weighted by Crippen LogP contribution is 2.03. The van der Waals surface area contributed by atoms with E-state index in [1.54, 1.807) is 0 Å². The molecule has 1 aliphatic rings. The van der Waals surface area contributed by atoms with Crippen molar-refractivity contribution in [3.63, 3.8) is 0 Å². The van der Waals surface area contributed by atoms with Crippen molar-refractivity contribution in [1.82, 2.24) is 15.6 Å². The summed E-state index contributed by atoms with van der Waals surface area (Å²) >= 11 is 0. The van der Waals surface area contributed by atoms with E-state index in [4.69, 9.17) is 0 Å². The standard InChI is InChI=1S/C11H15N3O/c1-8-3-2-4-10(14-8)7-13-11(15)9-5-12-6-9/h2-4,9,12H,5-7H2,1H3,(H,13,15). The molecule has 0 aliphatic carbocycles. The van der Waals surface area contributed by atoms with Gasteiger partial charge in [0.15, 0.2) is 0 Å². The topological polar surface area (TPSA) is 54.0 Å². The Morgan fingerprint density at radius 2 is 2.40 bits per heavy atom. The Hall–Kier alpha value is -1.42. The average Bonchev–Trinajstić information content (AvgIpc) is 2.12. The second-order valence-corrected chi connectivity index (χ2v) is 3.84. The van der Waals surface area contributed by atoms with Crippen LogP contribution in [0.5, 0.6) is 0 Å². The normalized spacial score (nSPS) is 15.8. The highest BCUT2D eigenvalue weighted by molar-refractivity contribution is 5.79. The Balaban J connectivity index is 1.84. The first-order valence-electron chi connectivity index (χ1n) is 5.16. The van der Waals surface area contributed by atoms with Crippen molar-refractivity contribution in [2.45, 2.75) is 13.5 Å². The van der Waals surface area contributed by atoms with Crippen LogP contribution in [0.1, 0.15) is 11.4 Å². The number of nitrogens with one attached hydrogen (secondary N) is 2. The Bertz CT molecular complexity index is 361. The molecule has 1 aliphatic heterocycles. The molecular weight excluding hydrogens is 190 g/mol. The minimum absolute atomic E-state index is 0.122. The van der Waals surface area contributed by atoms with Crippen LogP contribution in [0.4, 0.5) is 0 Å². The summed E-state index contributed by atoms with van der Waals surface area (Å²) in [5, 5.41) is 5.96. The van der Waals surface area contributed by atoms with Crippen molar-refractivity contribution in [3.05, 3.63) is 29.6 Å². The van der Waals surface area contributed by atoms with Gasteiger partial charge in [-0.2, -0.15) is 0 Å². The molecule has 1 fully saturated rings. The molecule has 4 heteroatoms. The van der Waals surface area contributed by atoms with Crippen LogP contribution in [0, 0.1) is 12.8 Å². The van der Waals surface area contributed by atoms with Gasteiger partial charge < -0.3 is 10.6 Å². The van der Waals surface area contributed by atoms with Crippen LogP contribution in [-0.2, 0) is 11.3 Å². The fourth-order valence-corrected chi connectivity index (χ4v) is 1.49. The van der Waals surface area contributed by atoms with Gasteiger partial charge in [-0.1, -0.05) is 6.07 Å². The number of nitrogens with zero attached hydrogens (tertiary/aromatic N) is 1. The number of hydrogen-bond acceptors (Lipinski definition) is 3. The van der Waals surface area contributed by atoms with Crippen molar-refractivity contribution in [1.29, 1.82) is 0 Å². The smallest absolute Gasteiger partial charge is 0.226 e. The molecule has 2 N–H and O–H groups in total. The monoisotopic (exact) mass is 205 g/mol. The predicted molar refractivity (Wildman–Crippen MR) is 57.2 cm³/mol. The van der Waals surface area contributed by atoms with E-state index < -0.39 is 0 Å². The summed E-state index contributed by atoms with van der Waals surface area (Å²) in [6, 6.07) is 5.82. The van der Waals surface area contributed by atoms with Crippen LogP contribution in [0.3, 0.4) is 0 Å². The van der Waals surface area contributed by atoms with Crippen LogP contribution < -0.4 is 10.6 Å². The Morgan fingerprint density at radius 1 is 1.60 bits per heavy atom. The second-order valence-electron chi connectivity index (χ2n) is 3.84. The van der Waals surface area contributed by atoms with Crippen molar-refractivity contribution < 1.29 is 4.79 Å². The third-order valence-corrected chi connectivity index (χ3v) is 2.54. The van der Waals surface area contributed by atoms with Gasteiger partial charge in [0.2, 0.25) is 5.91 Å². The maximum Gasteiger partial charge on any atom is 0.226 e. The molecule has 0 bridgehead atoms. The quantitative estimate of drug-likeness (QED) is 0.742. The van der Waals surface area contributed by atoms with Crippen molar-refractivity contribution >= 4 is 5.91 Å². The summed E-state index contributed by atoms with van der Waals surface area (Å²) in [4.78, 5) is 15.8. The number of carbonyl (C=O) groups excluding carboxylic acids is 1. The number of amides is 1. The maximum absolute atomic E-state index is 11.5. The SMILES string of the molecule is Cc1cccc(CNC(=O)C2CNC2)n1. The highest BCUT2D eigenvalue weighted by atomic mass is 16.2. The van der Waals surface area contributed by atoms with E-state index in [2.05, 4.69) is 15.6 Å². The Labute approximate surface area is 89.1 Å². The zero-order valence-electron chi connectivity index (χ0n) is 8.79. The maximum atomic E-state index is 11.5. The lowest BCUT2D eigenvalue weighted by Crippen LogP contribution is -2.50. The number of aromatic nitrogens is 1. The molecule has 0 atom stereocenters. The molecule has 0 spiro atoms. The van der Waals surface area contributed by atoms with Gasteiger partial charge in [-0.05, 0) is 19.1 Å². The molecule has 1 aromatic rings. The second kappa shape index (κ2) is 4.40. The lowest BCUT2D eigenvalue weighted by molar-refractivity contribution is -0.126. The third kappa shape index (κ3) is 2.53. The number of aryl methyl sites for hydroxylation is 1. The summed E-state index contributed by atoms with van der Waals surface area (Å²) in [5.74, 6) is 0.270. The van der Waals surface area contributed by atoms with E-state index in [0.29, 0.717) is 6.54 Å². The highest BCUT2D eigenvalue weighted by Gasteiger charge is 2.24. The molecule has 2 rings (SSSR count). The van der Waals surface area contributed by atoms with Crippen LogP contribution in [0.2, 0.25) is 0 Å². The lowest BCUT2D eigenvalue weighted by atomic mass is 10.0. The van der Waals surface area contributed by atoms with E-state index in [-0.39, 0.29) is 11.8 Å². The van der Waals surface area contributed by atoms with E-state index in [9.17, 15) is 4.79 Å². The number of pyridine rings is 1. The molecular formula is C11H15N3O. The predicted octanol–water partition coefficient (Wildman–Crippen LogP) is 0.226. The molecule has 80 valence electrons. The molecule has 0 radical (unpaired) electrons. The van der Waals surface area contributed by atoms with Crippen LogP contribution in [0.15, 0.2) is 18.2 Å². The number of hydrogen-bond donors (Lipinski definition) is 2. The van der Waals surface area contributed by atoms with Crippen LogP contribution in [0.25, 0.3) is 0 Å². The molecule has 0 aromatic carbocycles. The Kier molecular flexibility index (Phi) is 2.97. The summed E-state index contributed by atoms with van der Waals surface area (Å²) in [7, 11) is 0. The summed E-state index contributed by atoms with van der Waals surface area (Å²) in [5.41, 5.74) is 1.89. The van der Waals surface area contributed by atoms with Crippen molar-refractivity contribution in [3.8, 4) is 0 Å². The van der Waals surface area contributed by atoms with Gasteiger partial charge in [0.05, 0.1) is 18.2 Å². The van der Waals surface area contributed by atoms with Crippen LogP contribution in [-0.4, -0.2) is 24.0 Å². The first-order chi connectivity index (χ1) is 7.25. The fourth-order valence-electron chi connectivity index (χ4n) is 1.49. The summed E-state index contributed by atoms with van der Waals surface area (Å²) in [6.07, 6.45) is 0. The molecule has 1 saturated heterocycles. The molecule has 4 nitrogen and oxygen atoms in total. The molecule has 0 unspecified atom stereocenters. The molecule has 0 saturated carbocycles. The average molecular weight is 205 g/mol. The van der Waals surface area contributed by atoms with E-state index >= 15 is 0 Å². The first-order valence-corrected chi connectivity index (χ1v) is 5.16. The van der Waals surface area contributed by atoms with Crippen molar-refractivity contribution in [2.24, 2.45) is 5.92 Å². The van der Waals surface area contributed by atoms with Gasteiger partial charge in [-0.25, -0.2) is 0 Å². The Morgan fingerprint density at radius 3 is 3.00 bits per heavy atom. The number of carbonyl (C=O) groups is 1. The summed E-state index contributed by atoms with van der Waals surface area (Å²) < 4.78 is 0. The molecule has 1 aromatic heterocycles. The largest absolute Gasteiger partial charge is 0.350 e. The van der Waals surface area contributed by atoms with Crippen molar-refractivity contribution in [2.75, 3.05) is 13.1 Å². The van der Waals surface area contributed by atoms with Gasteiger partial charge in [0.25, 0.3) is 0 Å². The van der Waals surface area contributed by atoms with Gasteiger partial charge in [0.1, 0.15) is 0 Å². The van der Waals surface area contributed by atoms with Gasteiger partial charge in [-0.3, -0.25) is 9.78 Å². The fraction of sp³-hybridized carbons (Fsp3) is 0.455.